The van der Waals surface area contributed by atoms with Gasteiger partial charge < -0.3 is 31.1 Å². The Bertz CT molecular complexity index is 1010. The summed E-state index contributed by atoms with van der Waals surface area (Å²) >= 11 is 0. The van der Waals surface area contributed by atoms with Gasteiger partial charge in [-0.3, -0.25) is 9.79 Å². The van der Waals surface area contributed by atoms with Crippen LogP contribution < -0.4 is 16.4 Å². The molecular weight excluding hydrogens is 444 g/mol. The summed E-state index contributed by atoms with van der Waals surface area (Å²) in [6, 6.07) is 3.84. The maximum atomic E-state index is 11.5. The number of nitrogens with zero attached hydrogens (tertiary/aromatic N) is 3. The minimum absolute atomic E-state index is 0.0633. The number of carboxylic acids is 1. The number of fused-ring (bicyclic) bond motifs is 1. The number of anilines is 1. The first-order valence-corrected chi connectivity index (χ1v) is 12.5. The van der Waals surface area contributed by atoms with Crippen LogP contribution in [0.3, 0.4) is 0 Å². The molecule has 1 saturated heterocycles. The highest BCUT2D eigenvalue weighted by molar-refractivity contribution is 5.74. The van der Waals surface area contributed by atoms with Crippen molar-refractivity contribution in [2.75, 3.05) is 44.7 Å². The lowest BCUT2D eigenvalue weighted by Gasteiger charge is -2.32. The quantitative estimate of drug-likeness (QED) is 0.376. The molecule has 3 aliphatic rings. The van der Waals surface area contributed by atoms with E-state index in [1.165, 1.54) is 5.56 Å². The molecule has 1 aromatic rings. The summed E-state index contributed by atoms with van der Waals surface area (Å²) in [7, 11) is 0. The van der Waals surface area contributed by atoms with E-state index in [0.29, 0.717) is 19.8 Å². The van der Waals surface area contributed by atoms with Crippen molar-refractivity contribution in [1.82, 2.24) is 15.2 Å². The number of allylic oxidation sites excluding steroid dienone is 3. The van der Waals surface area contributed by atoms with Gasteiger partial charge in [-0.15, -0.1) is 0 Å². The molecular formula is C26H36N6O3. The van der Waals surface area contributed by atoms with Gasteiger partial charge in [-0.1, -0.05) is 6.07 Å². The summed E-state index contributed by atoms with van der Waals surface area (Å²) in [5.74, 6) is 0.145. The second-order valence-electron chi connectivity index (χ2n) is 9.12. The van der Waals surface area contributed by atoms with Crippen LogP contribution in [0.25, 0.3) is 0 Å². The number of aryl methyl sites for hydroxylation is 2. The number of morpholine rings is 1. The van der Waals surface area contributed by atoms with Crippen LogP contribution in [0.2, 0.25) is 0 Å². The fraction of sp³-hybridized carbons (Fsp3) is 0.500. The average molecular weight is 481 g/mol. The van der Waals surface area contributed by atoms with Crippen LogP contribution in [0.5, 0.6) is 0 Å². The van der Waals surface area contributed by atoms with E-state index in [0.717, 1.165) is 80.2 Å². The van der Waals surface area contributed by atoms with Crippen LogP contribution in [-0.2, 0) is 22.4 Å². The lowest BCUT2D eigenvalue weighted by Crippen LogP contribution is -2.37. The Labute approximate surface area is 206 Å². The number of pyridine rings is 1. The van der Waals surface area contributed by atoms with E-state index in [4.69, 9.17) is 15.5 Å². The summed E-state index contributed by atoms with van der Waals surface area (Å²) in [4.78, 5) is 23.0. The number of hydrogen-bond donors (Lipinski definition) is 4. The molecule has 35 heavy (non-hydrogen) atoms. The first kappa shape index (κ1) is 24.8. The Morgan fingerprint density at radius 1 is 1.34 bits per heavy atom. The molecule has 0 aliphatic carbocycles. The summed E-state index contributed by atoms with van der Waals surface area (Å²) in [6.45, 7) is 4.59. The van der Waals surface area contributed by atoms with Gasteiger partial charge in [0.1, 0.15) is 5.82 Å². The number of hydrogen-bond acceptors (Lipinski definition) is 8. The minimum atomic E-state index is -0.875. The van der Waals surface area contributed by atoms with Crippen molar-refractivity contribution in [2.24, 2.45) is 10.7 Å². The Morgan fingerprint density at radius 2 is 2.20 bits per heavy atom. The number of rotatable bonds is 10. The number of nitrogens with one attached hydrogen (secondary N) is 2. The molecule has 4 rings (SSSR count). The van der Waals surface area contributed by atoms with E-state index in [-0.39, 0.29) is 6.42 Å². The number of carboxylic acid groups (broad SMARTS) is 1. The molecule has 1 atom stereocenters. The number of carbonyl (C=O) groups is 1. The zero-order valence-electron chi connectivity index (χ0n) is 20.2. The Balaban J connectivity index is 1.32. The van der Waals surface area contributed by atoms with Crippen LogP contribution in [0, 0.1) is 0 Å². The van der Waals surface area contributed by atoms with Crippen molar-refractivity contribution in [3.8, 4) is 0 Å². The summed E-state index contributed by atoms with van der Waals surface area (Å²) in [6.07, 6.45) is 12.1. The maximum Gasteiger partial charge on any atom is 0.305 e. The van der Waals surface area contributed by atoms with Crippen LogP contribution >= 0.6 is 0 Å². The van der Waals surface area contributed by atoms with Crippen LogP contribution in [0.1, 0.15) is 36.9 Å². The van der Waals surface area contributed by atoms with Crippen molar-refractivity contribution in [3.63, 3.8) is 0 Å². The van der Waals surface area contributed by atoms with Gasteiger partial charge in [-0.05, 0) is 61.5 Å². The number of ether oxygens (including phenoxy) is 1. The zero-order valence-corrected chi connectivity index (χ0v) is 20.2. The molecule has 5 N–H and O–H groups in total. The van der Waals surface area contributed by atoms with E-state index in [9.17, 15) is 9.90 Å². The first-order valence-electron chi connectivity index (χ1n) is 12.5. The van der Waals surface area contributed by atoms with E-state index in [1.807, 2.05) is 6.20 Å². The van der Waals surface area contributed by atoms with Crippen LogP contribution in [0.4, 0.5) is 5.82 Å². The summed E-state index contributed by atoms with van der Waals surface area (Å²) < 4.78 is 5.43. The molecule has 4 heterocycles. The summed E-state index contributed by atoms with van der Waals surface area (Å²) in [5, 5.41) is 16.1. The molecule has 9 heteroatoms. The molecule has 0 saturated carbocycles. The molecule has 1 unspecified atom stereocenters. The van der Waals surface area contributed by atoms with Crippen LogP contribution in [0.15, 0.2) is 52.4 Å². The number of dihydropyridines is 1. The molecule has 0 radical (unpaired) electrons. The summed E-state index contributed by atoms with van der Waals surface area (Å²) in [5.41, 5.74) is 11.3. The number of aromatic nitrogens is 1. The lowest BCUT2D eigenvalue weighted by molar-refractivity contribution is -0.137. The fourth-order valence-corrected chi connectivity index (χ4v) is 4.53. The van der Waals surface area contributed by atoms with Gasteiger partial charge in [0.15, 0.2) is 0 Å². The number of nitrogens with two attached hydrogens (primary N) is 1. The van der Waals surface area contributed by atoms with E-state index < -0.39 is 12.0 Å². The van der Waals surface area contributed by atoms with E-state index >= 15 is 0 Å². The molecule has 0 amide bonds. The molecule has 0 aromatic carbocycles. The van der Waals surface area contributed by atoms with Gasteiger partial charge in [-0.25, -0.2) is 4.98 Å². The zero-order chi connectivity index (χ0) is 24.5. The van der Waals surface area contributed by atoms with Crippen molar-refractivity contribution < 1.29 is 14.6 Å². The SMILES string of the molecule is NC(=CC=NC(CC(=O)O)C1=CC(N2CCOCC2)=CNC1)CCCc1ccc2c(n1)NCCC2. The highest BCUT2D eigenvalue weighted by Gasteiger charge is 2.21. The molecule has 1 fully saturated rings. The Morgan fingerprint density at radius 3 is 3.03 bits per heavy atom. The third-order valence-electron chi connectivity index (χ3n) is 6.47. The van der Waals surface area contributed by atoms with Crippen molar-refractivity contribution >= 4 is 18.0 Å². The molecule has 0 bridgehead atoms. The monoisotopic (exact) mass is 480 g/mol. The third kappa shape index (κ3) is 7.32. The van der Waals surface area contributed by atoms with E-state index in [1.54, 1.807) is 12.3 Å². The van der Waals surface area contributed by atoms with Gasteiger partial charge in [0.25, 0.3) is 0 Å². The average Bonchev–Trinajstić information content (AvgIpc) is 2.88. The highest BCUT2D eigenvalue weighted by atomic mass is 16.5. The largest absolute Gasteiger partial charge is 0.481 e. The van der Waals surface area contributed by atoms with Gasteiger partial charge in [0.05, 0.1) is 31.4 Å². The van der Waals surface area contributed by atoms with Crippen molar-refractivity contribution in [2.45, 2.75) is 44.6 Å². The smallest absolute Gasteiger partial charge is 0.305 e. The minimum Gasteiger partial charge on any atom is -0.481 e. The predicted molar refractivity (Wildman–Crippen MR) is 137 cm³/mol. The van der Waals surface area contributed by atoms with Gasteiger partial charge in [-0.2, -0.15) is 0 Å². The second kappa shape index (κ2) is 12.4. The van der Waals surface area contributed by atoms with Crippen molar-refractivity contribution in [3.05, 3.63) is 58.7 Å². The molecule has 1 aromatic heterocycles. The molecule has 0 spiro atoms. The molecule has 188 valence electrons. The maximum absolute atomic E-state index is 11.5. The van der Waals surface area contributed by atoms with E-state index in [2.05, 4.69) is 38.7 Å². The third-order valence-corrected chi connectivity index (χ3v) is 6.47. The van der Waals surface area contributed by atoms with Gasteiger partial charge in [0.2, 0.25) is 0 Å². The normalized spacial score (nSPS) is 19.3. The first-order chi connectivity index (χ1) is 17.1. The van der Waals surface area contributed by atoms with Crippen LogP contribution in [-0.4, -0.2) is 72.6 Å². The second-order valence-corrected chi connectivity index (χ2v) is 9.12. The van der Waals surface area contributed by atoms with Gasteiger partial charge in [0, 0.05) is 50.0 Å². The fourth-order valence-electron chi connectivity index (χ4n) is 4.53. The Hall–Kier alpha value is -3.33. The molecule has 9 nitrogen and oxygen atoms in total. The number of aliphatic carboxylic acids is 1. The highest BCUT2D eigenvalue weighted by Crippen LogP contribution is 2.21. The van der Waals surface area contributed by atoms with Gasteiger partial charge >= 0.3 is 5.97 Å². The lowest BCUT2D eigenvalue weighted by atomic mass is 10.0. The topological polar surface area (TPSA) is 125 Å². The number of aliphatic imine (C=N–C) groups is 1. The predicted octanol–water partition coefficient (Wildman–Crippen LogP) is 2.22. The Kier molecular flexibility index (Phi) is 8.78. The van der Waals surface area contributed by atoms with Crippen molar-refractivity contribution in [1.29, 1.82) is 0 Å². The standard InChI is InChI=1S/C26H36N6O3/c27-21(4-1-5-22-7-6-19-3-2-9-30-26(19)31-22)8-10-29-24(16-25(33)34)20-15-23(18-28-17-20)32-11-13-35-14-12-32/h6-8,10,15,18,24,28H,1-5,9,11-14,16-17,27H2,(H,30,31)(H,33,34). The molecule has 3 aliphatic heterocycles.